The van der Waals surface area contributed by atoms with Crippen LogP contribution in [-0.2, 0) is 4.79 Å². The van der Waals surface area contributed by atoms with E-state index < -0.39 is 11.9 Å². The summed E-state index contributed by atoms with van der Waals surface area (Å²) in [6.45, 7) is 1.70. The Kier molecular flexibility index (Phi) is 2.83. The molecule has 1 heterocycles. The average molecular weight is 239 g/mol. The predicted molar refractivity (Wildman–Crippen MR) is 61.6 cm³/mol. The molecule has 2 unspecified atom stereocenters. The van der Waals surface area contributed by atoms with Crippen LogP contribution < -0.4 is 5.43 Å². The second-order valence-corrected chi connectivity index (χ2v) is 4.10. The first-order chi connectivity index (χ1) is 7.61. The minimum absolute atomic E-state index is 0.383. The van der Waals surface area contributed by atoms with Gasteiger partial charge in [0.25, 0.3) is 0 Å². The van der Waals surface area contributed by atoms with Gasteiger partial charge in [-0.3, -0.25) is 4.79 Å². The van der Waals surface area contributed by atoms with Gasteiger partial charge in [0, 0.05) is 5.02 Å². The summed E-state index contributed by atoms with van der Waals surface area (Å²) in [5.41, 5.74) is 4.15. The molecule has 0 saturated heterocycles. The lowest BCUT2D eigenvalue weighted by Gasteiger charge is -2.17. The van der Waals surface area contributed by atoms with Crippen LogP contribution in [0.15, 0.2) is 29.4 Å². The number of nitrogens with zero attached hydrogens (tertiary/aromatic N) is 1. The summed E-state index contributed by atoms with van der Waals surface area (Å²) in [6, 6.07) is 6.81. The van der Waals surface area contributed by atoms with E-state index in [-0.39, 0.29) is 6.04 Å². The molecule has 1 aromatic carbocycles. The highest BCUT2D eigenvalue weighted by molar-refractivity contribution is 6.31. The average Bonchev–Trinajstić information content (AvgIpc) is 2.61. The van der Waals surface area contributed by atoms with Gasteiger partial charge in [0.15, 0.2) is 0 Å². The van der Waals surface area contributed by atoms with Gasteiger partial charge in [-0.15, -0.1) is 0 Å². The third kappa shape index (κ3) is 1.76. The van der Waals surface area contributed by atoms with Gasteiger partial charge in [-0.1, -0.05) is 29.8 Å². The normalized spacial score (nSPS) is 23.8. The number of hydrogen-bond donors (Lipinski definition) is 2. The maximum Gasteiger partial charge on any atom is 0.314 e. The maximum atomic E-state index is 11.1. The first kappa shape index (κ1) is 11.0. The monoisotopic (exact) mass is 238 g/mol. The Morgan fingerprint density at radius 2 is 2.19 bits per heavy atom. The van der Waals surface area contributed by atoms with E-state index in [4.69, 9.17) is 16.7 Å². The zero-order valence-corrected chi connectivity index (χ0v) is 9.40. The summed E-state index contributed by atoms with van der Waals surface area (Å²) in [6.07, 6.45) is 0. The second-order valence-electron chi connectivity index (χ2n) is 3.70. The Labute approximate surface area is 97.9 Å². The second kappa shape index (κ2) is 4.14. The van der Waals surface area contributed by atoms with E-state index in [0.717, 1.165) is 5.56 Å². The van der Waals surface area contributed by atoms with E-state index in [9.17, 15) is 4.79 Å². The molecule has 0 bridgehead atoms. The number of hydrazone groups is 1. The maximum absolute atomic E-state index is 11.1. The molecule has 1 aliphatic heterocycles. The predicted octanol–water partition coefficient (Wildman–Crippen LogP) is 2.06. The molecule has 5 heteroatoms. The van der Waals surface area contributed by atoms with Gasteiger partial charge in [-0.05, 0) is 18.6 Å². The molecule has 0 aromatic heterocycles. The highest BCUT2D eigenvalue weighted by atomic mass is 35.5. The lowest BCUT2D eigenvalue weighted by Crippen LogP contribution is -2.28. The van der Waals surface area contributed by atoms with Crippen molar-refractivity contribution in [2.45, 2.75) is 13.0 Å². The largest absolute Gasteiger partial charge is 0.481 e. The van der Waals surface area contributed by atoms with Gasteiger partial charge in [0.05, 0.1) is 11.8 Å². The standard InChI is InChI=1S/C11H11ClN2O2/c1-6-9(11(15)16)10(14-13-6)7-4-2-3-5-8(7)12/h2-5,9-10,14H,1H3,(H,15,16). The molecule has 0 radical (unpaired) electrons. The third-order valence-corrected chi connectivity index (χ3v) is 3.01. The fraction of sp³-hybridized carbons (Fsp3) is 0.273. The Hall–Kier alpha value is -1.55. The van der Waals surface area contributed by atoms with E-state index in [1.165, 1.54) is 0 Å². The molecule has 1 aromatic rings. The molecular formula is C11H11ClN2O2. The van der Waals surface area contributed by atoms with Crippen LogP contribution in [0, 0.1) is 5.92 Å². The van der Waals surface area contributed by atoms with Crippen LogP contribution in [0.1, 0.15) is 18.5 Å². The van der Waals surface area contributed by atoms with Crippen molar-refractivity contribution in [2.24, 2.45) is 11.0 Å². The van der Waals surface area contributed by atoms with Crippen molar-refractivity contribution in [1.29, 1.82) is 0 Å². The van der Waals surface area contributed by atoms with Crippen molar-refractivity contribution in [3.8, 4) is 0 Å². The molecule has 84 valence electrons. The van der Waals surface area contributed by atoms with Crippen molar-refractivity contribution in [1.82, 2.24) is 5.43 Å². The Morgan fingerprint density at radius 3 is 2.81 bits per heavy atom. The molecule has 2 atom stereocenters. The van der Waals surface area contributed by atoms with Crippen LogP contribution in [0.25, 0.3) is 0 Å². The molecule has 2 rings (SSSR count). The smallest absolute Gasteiger partial charge is 0.314 e. The Morgan fingerprint density at radius 1 is 1.50 bits per heavy atom. The van der Waals surface area contributed by atoms with E-state index >= 15 is 0 Å². The summed E-state index contributed by atoms with van der Waals surface area (Å²) in [5.74, 6) is -1.55. The number of hydrogen-bond acceptors (Lipinski definition) is 3. The van der Waals surface area contributed by atoms with Crippen molar-refractivity contribution < 1.29 is 9.90 Å². The van der Waals surface area contributed by atoms with E-state index in [1.54, 1.807) is 13.0 Å². The van der Waals surface area contributed by atoms with Gasteiger partial charge in [0.2, 0.25) is 0 Å². The molecule has 1 aliphatic rings. The first-order valence-corrected chi connectivity index (χ1v) is 5.26. The van der Waals surface area contributed by atoms with Crippen LogP contribution in [0.5, 0.6) is 0 Å². The summed E-state index contributed by atoms with van der Waals surface area (Å²) >= 11 is 6.04. The SMILES string of the molecule is CC1=NNC(c2ccccc2Cl)C1C(=O)O. The number of aliphatic carboxylic acids is 1. The highest BCUT2D eigenvalue weighted by Gasteiger charge is 2.36. The van der Waals surface area contributed by atoms with Crippen molar-refractivity contribution in [2.75, 3.05) is 0 Å². The molecule has 16 heavy (non-hydrogen) atoms. The van der Waals surface area contributed by atoms with E-state index in [1.807, 2.05) is 18.2 Å². The number of carboxylic acids is 1. The van der Waals surface area contributed by atoms with Crippen LogP contribution in [-0.4, -0.2) is 16.8 Å². The number of rotatable bonds is 2. The lowest BCUT2D eigenvalue weighted by molar-refractivity contribution is -0.139. The van der Waals surface area contributed by atoms with Crippen molar-refractivity contribution >= 4 is 23.3 Å². The summed E-state index contributed by atoms with van der Waals surface area (Å²) in [5, 5.41) is 13.7. The Bertz CT molecular complexity index is 459. The molecule has 0 spiro atoms. The summed E-state index contributed by atoms with van der Waals surface area (Å²) in [7, 11) is 0. The zero-order chi connectivity index (χ0) is 11.7. The third-order valence-electron chi connectivity index (χ3n) is 2.67. The first-order valence-electron chi connectivity index (χ1n) is 4.88. The minimum Gasteiger partial charge on any atom is -0.481 e. The molecule has 0 saturated carbocycles. The minimum atomic E-state index is -0.892. The van der Waals surface area contributed by atoms with Crippen LogP contribution in [0.2, 0.25) is 5.02 Å². The van der Waals surface area contributed by atoms with Crippen LogP contribution in [0.3, 0.4) is 0 Å². The summed E-state index contributed by atoms with van der Waals surface area (Å²) < 4.78 is 0. The van der Waals surface area contributed by atoms with Gasteiger partial charge in [0.1, 0.15) is 5.92 Å². The molecule has 4 nitrogen and oxygen atoms in total. The topological polar surface area (TPSA) is 61.7 Å². The number of benzene rings is 1. The Balaban J connectivity index is 2.37. The summed E-state index contributed by atoms with van der Waals surface area (Å²) in [4.78, 5) is 11.1. The van der Waals surface area contributed by atoms with E-state index in [0.29, 0.717) is 10.7 Å². The highest BCUT2D eigenvalue weighted by Crippen LogP contribution is 2.32. The zero-order valence-electron chi connectivity index (χ0n) is 8.64. The number of carboxylic acid groups (broad SMARTS) is 1. The lowest BCUT2D eigenvalue weighted by atomic mass is 9.91. The fourth-order valence-electron chi connectivity index (χ4n) is 1.85. The van der Waals surface area contributed by atoms with Crippen LogP contribution in [0.4, 0.5) is 0 Å². The van der Waals surface area contributed by atoms with Gasteiger partial charge >= 0.3 is 5.97 Å². The van der Waals surface area contributed by atoms with Crippen molar-refractivity contribution in [3.63, 3.8) is 0 Å². The van der Waals surface area contributed by atoms with Crippen molar-refractivity contribution in [3.05, 3.63) is 34.9 Å². The number of halogens is 1. The molecule has 0 aliphatic carbocycles. The quantitative estimate of drug-likeness (QED) is 0.829. The van der Waals surface area contributed by atoms with E-state index in [2.05, 4.69) is 10.5 Å². The molecule has 0 fully saturated rings. The molecular weight excluding hydrogens is 228 g/mol. The van der Waals surface area contributed by atoms with Gasteiger partial charge in [-0.25, -0.2) is 0 Å². The van der Waals surface area contributed by atoms with Crippen LogP contribution >= 0.6 is 11.6 Å². The van der Waals surface area contributed by atoms with Gasteiger partial charge < -0.3 is 10.5 Å². The molecule has 0 amide bonds. The van der Waals surface area contributed by atoms with Gasteiger partial charge in [-0.2, -0.15) is 5.10 Å². The fourth-order valence-corrected chi connectivity index (χ4v) is 2.11. The number of nitrogens with one attached hydrogen (secondary N) is 1. The number of carbonyl (C=O) groups is 1. The molecule has 2 N–H and O–H groups in total.